The Morgan fingerprint density at radius 3 is 2.74 bits per heavy atom. The molecular weight excluding hydrogens is 278 g/mol. The highest BCUT2D eigenvalue weighted by Crippen LogP contribution is 2.57. The molecule has 1 heterocycles. The molecule has 2 fully saturated rings. The van der Waals surface area contributed by atoms with Gasteiger partial charge in [-0.05, 0) is 12.8 Å². The van der Waals surface area contributed by atoms with Gasteiger partial charge in [-0.1, -0.05) is 13.8 Å². The van der Waals surface area contributed by atoms with Gasteiger partial charge >= 0.3 is 0 Å². The summed E-state index contributed by atoms with van der Waals surface area (Å²) in [6, 6.07) is 0. The van der Waals surface area contributed by atoms with E-state index in [1.807, 2.05) is 13.8 Å². The second-order valence-electron chi connectivity index (χ2n) is 5.73. The highest BCUT2D eigenvalue weighted by molar-refractivity contribution is 5.89. The van der Waals surface area contributed by atoms with Gasteiger partial charge < -0.3 is 15.8 Å². The standard InChI is InChI=1S/C12H20F2N2O2.ClH/c1-11(2)9-7(4-3-5-18-9)12(11,15)10(17)16-6-8(13)14;/h7-9H,3-6,15H2,1-2H3,(H,16,17);1H. The predicted molar refractivity (Wildman–Crippen MR) is 69.4 cm³/mol. The van der Waals surface area contributed by atoms with Crippen molar-refractivity contribution in [2.75, 3.05) is 13.2 Å². The number of hydrogen-bond donors (Lipinski definition) is 2. The Kier molecular flexibility index (Phi) is 4.80. The third-order valence-corrected chi connectivity index (χ3v) is 4.48. The summed E-state index contributed by atoms with van der Waals surface area (Å²) in [7, 11) is 0. The van der Waals surface area contributed by atoms with E-state index in [1.54, 1.807) is 0 Å². The number of hydrogen-bond acceptors (Lipinski definition) is 3. The first-order chi connectivity index (χ1) is 8.31. The molecular formula is C12H21ClF2N2O2. The fourth-order valence-corrected chi connectivity index (χ4v) is 3.35. The van der Waals surface area contributed by atoms with Crippen molar-refractivity contribution < 1.29 is 18.3 Å². The van der Waals surface area contributed by atoms with E-state index < -0.39 is 29.8 Å². The normalized spacial score (nSPS) is 35.9. The Morgan fingerprint density at radius 2 is 2.16 bits per heavy atom. The molecule has 1 saturated carbocycles. The molecule has 2 rings (SSSR count). The Bertz CT molecular complexity index is 355. The number of fused-ring (bicyclic) bond motifs is 1. The van der Waals surface area contributed by atoms with E-state index in [1.165, 1.54) is 0 Å². The first kappa shape index (κ1) is 16.6. The van der Waals surface area contributed by atoms with Gasteiger partial charge in [-0.3, -0.25) is 4.79 Å². The van der Waals surface area contributed by atoms with Gasteiger partial charge in [0.05, 0.1) is 12.6 Å². The van der Waals surface area contributed by atoms with Crippen molar-refractivity contribution in [2.45, 2.75) is 44.8 Å². The first-order valence-corrected chi connectivity index (χ1v) is 6.28. The minimum atomic E-state index is -2.56. The van der Waals surface area contributed by atoms with Crippen molar-refractivity contribution in [1.82, 2.24) is 5.32 Å². The smallest absolute Gasteiger partial charge is 0.255 e. The minimum absolute atomic E-state index is 0. The quantitative estimate of drug-likeness (QED) is 0.826. The molecule has 4 nitrogen and oxygen atoms in total. The summed E-state index contributed by atoms with van der Waals surface area (Å²) in [4.78, 5) is 12.1. The Hall–Kier alpha value is -0.460. The van der Waals surface area contributed by atoms with Crippen LogP contribution in [0.25, 0.3) is 0 Å². The van der Waals surface area contributed by atoms with E-state index in [-0.39, 0.29) is 24.4 Å². The van der Waals surface area contributed by atoms with Crippen molar-refractivity contribution in [3.05, 3.63) is 0 Å². The molecule has 0 bridgehead atoms. The van der Waals surface area contributed by atoms with Crippen LogP contribution in [0.3, 0.4) is 0 Å². The lowest BCUT2D eigenvalue weighted by molar-refractivity contribution is -0.225. The Balaban J connectivity index is 0.00000180. The lowest BCUT2D eigenvalue weighted by Crippen LogP contribution is -2.82. The van der Waals surface area contributed by atoms with Crippen molar-refractivity contribution >= 4 is 18.3 Å². The highest BCUT2D eigenvalue weighted by atomic mass is 35.5. The second-order valence-corrected chi connectivity index (χ2v) is 5.73. The van der Waals surface area contributed by atoms with Crippen molar-refractivity contribution in [3.8, 4) is 0 Å². The van der Waals surface area contributed by atoms with E-state index in [0.717, 1.165) is 12.8 Å². The van der Waals surface area contributed by atoms with E-state index in [0.29, 0.717) is 6.61 Å². The molecule has 112 valence electrons. The van der Waals surface area contributed by atoms with Crippen LogP contribution in [0.1, 0.15) is 26.7 Å². The molecule has 1 aliphatic heterocycles. The van der Waals surface area contributed by atoms with Crippen LogP contribution in [-0.2, 0) is 9.53 Å². The first-order valence-electron chi connectivity index (χ1n) is 6.28. The average molecular weight is 299 g/mol. The van der Waals surface area contributed by atoms with Gasteiger partial charge in [-0.2, -0.15) is 0 Å². The van der Waals surface area contributed by atoms with Gasteiger partial charge in [0.15, 0.2) is 0 Å². The van der Waals surface area contributed by atoms with Gasteiger partial charge in [0, 0.05) is 17.9 Å². The number of amides is 1. The number of carbonyl (C=O) groups is 1. The van der Waals surface area contributed by atoms with Crippen LogP contribution in [0.4, 0.5) is 8.78 Å². The third kappa shape index (κ3) is 2.34. The largest absolute Gasteiger partial charge is 0.377 e. The summed E-state index contributed by atoms with van der Waals surface area (Å²) in [5, 5.41) is 2.24. The van der Waals surface area contributed by atoms with Crippen molar-refractivity contribution in [1.29, 1.82) is 0 Å². The van der Waals surface area contributed by atoms with Crippen LogP contribution >= 0.6 is 12.4 Å². The van der Waals surface area contributed by atoms with Crippen molar-refractivity contribution in [2.24, 2.45) is 17.1 Å². The summed E-state index contributed by atoms with van der Waals surface area (Å²) in [6.07, 6.45) is -0.932. The third-order valence-electron chi connectivity index (χ3n) is 4.48. The summed E-state index contributed by atoms with van der Waals surface area (Å²) in [6.45, 7) is 3.76. The zero-order valence-corrected chi connectivity index (χ0v) is 11.9. The maximum Gasteiger partial charge on any atom is 0.255 e. The monoisotopic (exact) mass is 298 g/mol. The Labute approximate surface area is 117 Å². The number of nitrogens with one attached hydrogen (secondary N) is 1. The molecule has 2 aliphatic rings. The van der Waals surface area contributed by atoms with Crippen LogP contribution < -0.4 is 11.1 Å². The molecule has 3 atom stereocenters. The van der Waals surface area contributed by atoms with Gasteiger partial charge in [0.25, 0.3) is 6.43 Å². The maximum absolute atomic E-state index is 12.2. The van der Waals surface area contributed by atoms with E-state index in [9.17, 15) is 13.6 Å². The van der Waals surface area contributed by atoms with Crippen molar-refractivity contribution in [3.63, 3.8) is 0 Å². The number of rotatable bonds is 3. The van der Waals surface area contributed by atoms with E-state index in [4.69, 9.17) is 10.5 Å². The van der Waals surface area contributed by atoms with Crippen LogP contribution in [0.15, 0.2) is 0 Å². The van der Waals surface area contributed by atoms with E-state index in [2.05, 4.69) is 5.32 Å². The van der Waals surface area contributed by atoms with Gasteiger partial charge in [0.2, 0.25) is 5.91 Å². The van der Waals surface area contributed by atoms with Crippen LogP contribution in [-0.4, -0.2) is 37.1 Å². The topological polar surface area (TPSA) is 64.3 Å². The van der Waals surface area contributed by atoms with Gasteiger partial charge in [-0.25, -0.2) is 8.78 Å². The number of carbonyl (C=O) groups excluding carboxylic acids is 1. The summed E-state index contributed by atoms with van der Waals surface area (Å²) in [5.41, 5.74) is 4.60. The van der Waals surface area contributed by atoms with Gasteiger partial charge in [0.1, 0.15) is 5.54 Å². The number of nitrogens with two attached hydrogens (primary N) is 1. The molecule has 0 spiro atoms. The summed E-state index contributed by atoms with van der Waals surface area (Å²) >= 11 is 0. The van der Waals surface area contributed by atoms with Crippen LogP contribution in [0.2, 0.25) is 0 Å². The average Bonchev–Trinajstić information content (AvgIpc) is 2.34. The number of alkyl halides is 2. The Morgan fingerprint density at radius 1 is 1.53 bits per heavy atom. The van der Waals surface area contributed by atoms with E-state index >= 15 is 0 Å². The molecule has 0 aromatic heterocycles. The minimum Gasteiger partial charge on any atom is -0.377 e. The molecule has 0 aromatic rings. The molecule has 1 aliphatic carbocycles. The number of ether oxygens (including phenoxy) is 1. The molecule has 3 unspecified atom stereocenters. The molecule has 1 amide bonds. The van der Waals surface area contributed by atoms with Crippen LogP contribution in [0.5, 0.6) is 0 Å². The molecule has 0 radical (unpaired) electrons. The second kappa shape index (κ2) is 5.50. The summed E-state index contributed by atoms with van der Waals surface area (Å²) in [5.74, 6) is -0.557. The highest BCUT2D eigenvalue weighted by Gasteiger charge is 2.70. The molecule has 19 heavy (non-hydrogen) atoms. The lowest BCUT2D eigenvalue weighted by atomic mass is 9.46. The SMILES string of the molecule is CC1(C)C2OCCCC2C1(N)C(=O)NCC(F)F.Cl. The molecule has 7 heteroatoms. The number of halogens is 3. The fraction of sp³-hybridized carbons (Fsp3) is 0.917. The van der Waals surface area contributed by atoms with Crippen LogP contribution in [0, 0.1) is 11.3 Å². The predicted octanol–water partition coefficient (Wildman–Crippen LogP) is 1.32. The zero-order valence-electron chi connectivity index (χ0n) is 11.1. The molecule has 1 saturated heterocycles. The zero-order chi connectivity index (χ0) is 13.6. The van der Waals surface area contributed by atoms with Gasteiger partial charge in [-0.15, -0.1) is 12.4 Å². The fourth-order valence-electron chi connectivity index (χ4n) is 3.35. The summed E-state index contributed by atoms with van der Waals surface area (Å²) < 4.78 is 30.0. The maximum atomic E-state index is 12.2. The molecule has 0 aromatic carbocycles. The molecule has 3 N–H and O–H groups in total. The lowest BCUT2D eigenvalue weighted by Gasteiger charge is -2.65.